The van der Waals surface area contributed by atoms with E-state index >= 15 is 0 Å². The van der Waals surface area contributed by atoms with Gasteiger partial charge in [-0.15, -0.1) is 0 Å². The highest BCUT2D eigenvalue weighted by atomic mass is 35.5. The van der Waals surface area contributed by atoms with Gasteiger partial charge in [0.25, 0.3) is 0 Å². The molecule has 0 atom stereocenters. The van der Waals surface area contributed by atoms with Crippen LogP contribution in [0.25, 0.3) is 0 Å². The quantitative estimate of drug-likeness (QED) is 0.220. The maximum absolute atomic E-state index is 12.1. The third-order valence-electron chi connectivity index (χ3n) is 4.79. The number of hydrogen-bond acceptors (Lipinski definition) is 4. The van der Waals surface area contributed by atoms with Gasteiger partial charge in [-0.05, 0) is 79.5 Å². The zero-order valence-electron chi connectivity index (χ0n) is 18.6. The monoisotopic (exact) mass is 516 g/mol. The summed E-state index contributed by atoms with van der Waals surface area (Å²) in [7, 11) is 0. The number of anilines is 1. The number of ether oxygens (including phenoxy) is 2. The van der Waals surface area contributed by atoms with Crippen LogP contribution in [0, 0.1) is 0 Å². The summed E-state index contributed by atoms with van der Waals surface area (Å²) in [6.45, 7) is 0.992. The van der Waals surface area contributed by atoms with E-state index in [9.17, 15) is 4.79 Å². The molecule has 3 rings (SSSR count). The van der Waals surface area contributed by atoms with Crippen LogP contribution >= 0.6 is 35.4 Å². The molecule has 0 bridgehead atoms. The van der Waals surface area contributed by atoms with Crippen molar-refractivity contribution < 1.29 is 14.3 Å². The number of nitrogens with one attached hydrogen (secondary N) is 2. The molecule has 8 heteroatoms. The number of rotatable bonds is 11. The van der Waals surface area contributed by atoms with E-state index in [0.717, 1.165) is 24.3 Å². The number of halogens is 2. The van der Waals surface area contributed by atoms with Gasteiger partial charge < -0.3 is 20.1 Å². The van der Waals surface area contributed by atoms with Crippen LogP contribution in [0.1, 0.15) is 24.8 Å². The van der Waals surface area contributed by atoms with Crippen LogP contribution < -0.4 is 20.1 Å². The number of amides is 1. The number of benzene rings is 3. The number of thiocarbonyl (C=S) groups is 1. The minimum atomic E-state index is -0.193. The molecule has 34 heavy (non-hydrogen) atoms. The van der Waals surface area contributed by atoms with Gasteiger partial charge in [0.1, 0.15) is 11.5 Å². The number of hydrogen-bond donors (Lipinski definition) is 2. The molecular weight excluding hydrogens is 491 g/mol. The second-order valence-electron chi connectivity index (χ2n) is 7.49. The molecule has 0 spiro atoms. The van der Waals surface area contributed by atoms with E-state index in [2.05, 4.69) is 22.8 Å². The van der Waals surface area contributed by atoms with E-state index in [1.165, 1.54) is 5.56 Å². The van der Waals surface area contributed by atoms with Gasteiger partial charge >= 0.3 is 0 Å². The smallest absolute Gasteiger partial charge is 0.226 e. The van der Waals surface area contributed by atoms with Crippen molar-refractivity contribution in [3.63, 3.8) is 0 Å². The van der Waals surface area contributed by atoms with Crippen molar-refractivity contribution >= 4 is 52.1 Å². The fraction of sp³-hybridized carbons (Fsp3) is 0.231. The number of carbonyl (C=O) groups is 1. The summed E-state index contributed by atoms with van der Waals surface area (Å²) in [4.78, 5) is 12.1. The average molecular weight is 517 g/mol. The summed E-state index contributed by atoms with van der Waals surface area (Å²) >= 11 is 17.1. The Morgan fingerprint density at radius 1 is 0.882 bits per heavy atom. The molecule has 1 amide bonds. The predicted molar refractivity (Wildman–Crippen MR) is 142 cm³/mol. The van der Waals surface area contributed by atoms with E-state index in [-0.39, 0.29) is 17.4 Å². The third kappa shape index (κ3) is 9.21. The first-order valence-electron chi connectivity index (χ1n) is 10.9. The molecule has 3 aromatic rings. The zero-order valence-corrected chi connectivity index (χ0v) is 20.9. The van der Waals surface area contributed by atoms with Crippen molar-refractivity contribution in [2.45, 2.75) is 25.7 Å². The molecule has 0 aromatic heterocycles. The van der Waals surface area contributed by atoms with Crippen molar-refractivity contribution in [3.05, 3.63) is 88.4 Å². The molecule has 0 aliphatic heterocycles. The topological polar surface area (TPSA) is 59.6 Å². The first-order chi connectivity index (χ1) is 16.5. The fourth-order valence-corrected chi connectivity index (χ4v) is 3.80. The Bertz CT molecular complexity index is 1080. The highest BCUT2D eigenvalue weighted by molar-refractivity contribution is 7.80. The molecule has 0 aliphatic rings. The summed E-state index contributed by atoms with van der Waals surface area (Å²) in [6.07, 6.45) is 2.71. The van der Waals surface area contributed by atoms with Crippen LogP contribution in [0.2, 0.25) is 10.0 Å². The summed E-state index contributed by atoms with van der Waals surface area (Å²) in [5.41, 5.74) is 2.07. The van der Waals surface area contributed by atoms with Gasteiger partial charge in [0.05, 0.1) is 18.2 Å². The lowest BCUT2D eigenvalue weighted by atomic mass is 10.1. The maximum atomic E-state index is 12.1. The Morgan fingerprint density at radius 2 is 1.62 bits per heavy atom. The molecule has 0 saturated heterocycles. The van der Waals surface area contributed by atoms with Gasteiger partial charge in [-0.1, -0.05) is 53.5 Å². The molecule has 178 valence electrons. The minimum absolute atomic E-state index is 0.193. The molecule has 0 unspecified atom stereocenters. The summed E-state index contributed by atoms with van der Waals surface area (Å²) in [6, 6.07) is 22.8. The van der Waals surface area contributed by atoms with Gasteiger partial charge in [-0.2, -0.15) is 0 Å². The summed E-state index contributed by atoms with van der Waals surface area (Å²) in [5.74, 6) is 1.13. The molecule has 5 nitrogen and oxygen atoms in total. The second kappa shape index (κ2) is 13.8. The van der Waals surface area contributed by atoms with Gasteiger partial charge in [-0.3, -0.25) is 4.79 Å². The van der Waals surface area contributed by atoms with Gasteiger partial charge in [0, 0.05) is 17.1 Å². The molecule has 0 saturated carbocycles. The van der Waals surface area contributed by atoms with Gasteiger partial charge in [0.15, 0.2) is 5.11 Å². The molecule has 3 aromatic carbocycles. The van der Waals surface area contributed by atoms with Crippen LogP contribution in [0.4, 0.5) is 5.69 Å². The molecule has 0 fully saturated rings. The van der Waals surface area contributed by atoms with E-state index < -0.39 is 0 Å². The van der Waals surface area contributed by atoms with Crippen LogP contribution in [0.3, 0.4) is 0 Å². The number of carbonyl (C=O) groups excluding carboxylic acids is 1. The van der Waals surface area contributed by atoms with E-state index in [4.69, 9.17) is 44.9 Å². The lowest BCUT2D eigenvalue weighted by Gasteiger charge is -2.11. The Labute approximate surface area is 215 Å². The normalized spacial score (nSPS) is 10.4. The molecule has 0 aliphatic carbocycles. The Balaban J connectivity index is 1.30. The van der Waals surface area contributed by atoms with Crippen LogP contribution in [-0.2, 0) is 11.2 Å². The fourth-order valence-electron chi connectivity index (χ4n) is 3.10. The first kappa shape index (κ1) is 25.8. The van der Waals surface area contributed by atoms with Crippen LogP contribution in [-0.4, -0.2) is 24.2 Å². The van der Waals surface area contributed by atoms with E-state index in [0.29, 0.717) is 35.4 Å². The van der Waals surface area contributed by atoms with Crippen LogP contribution in [0.15, 0.2) is 72.8 Å². The third-order valence-corrected chi connectivity index (χ3v) is 5.52. The summed E-state index contributed by atoms with van der Waals surface area (Å²) < 4.78 is 11.4. The lowest BCUT2D eigenvalue weighted by molar-refractivity contribution is -0.119. The van der Waals surface area contributed by atoms with E-state index in [1.54, 1.807) is 18.2 Å². The summed E-state index contributed by atoms with van der Waals surface area (Å²) in [5, 5.41) is 6.89. The SMILES string of the molecule is O=C(CCCOc1ccc(Cl)cc1Cl)NC(=S)Nc1ccc(OCCCc2ccccc2)cc1. The lowest BCUT2D eigenvalue weighted by Crippen LogP contribution is -2.34. The molecule has 0 heterocycles. The Morgan fingerprint density at radius 3 is 2.35 bits per heavy atom. The largest absolute Gasteiger partial charge is 0.494 e. The minimum Gasteiger partial charge on any atom is -0.494 e. The first-order valence-corrected chi connectivity index (χ1v) is 12.1. The Kier molecular flexibility index (Phi) is 10.5. The van der Waals surface area contributed by atoms with Crippen molar-refractivity contribution in [2.75, 3.05) is 18.5 Å². The molecular formula is C26H26Cl2N2O3S. The maximum Gasteiger partial charge on any atom is 0.226 e. The predicted octanol–water partition coefficient (Wildman–Crippen LogP) is 6.68. The van der Waals surface area contributed by atoms with Crippen molar-refractivity contribution in [2.24, 2.45) is 0 Å². The highest BCUT2D eigenvalue weighted by Gasteiger charge is 2.07. The second-order valence-corrected chi connectivity index (χ2v) is 8.74. The standard InChI is InChI=1S/C26H26Cl2N2O3S/c27-20-10-15-24(23(28)18-20)33-17-5-9-25(31)30-26(34)29-21-11-13-22(14-12-21)32-16-4-8-19-6-2-1-3-7-19/h1-3,6-7,10-15,18H,4-5,8-9,16-17H2,(H2,29,30,31,34). The van der Waals surface area contributed by atoms with Crippen molar-refractivity contribution in [1.29, 1.82) is 0 Å². The van der Waals surface area contributed by atoms with E-state index in [1.807, 2.05) is 42.5 Å². The molecule has 2 N–H and O–H groups in total. The van der Waals surface area contributed by atoms with Crippen molar-refractivity contribution in [3.8, 4) is 11.5 Å². The Hall–Kier alpha value is -2.80. The van der Waals surface area contributed by atoms with Gasteiger partial charge in [-0.25, -0.2) is 0 Å². The van der Waals surface area contributed by atoms with Gasteiger partial charge in [0.2, 0.25) is 5.91 Å². The van der Waals surface area contributed by atoms with Crippen molar-refractivity contribution in [1.82, 2.24) is 5.32 Å². The molecule has 0 radical (unpaired) electrons. The average Bonchev–Trinajstić information content (AvgIpc) is 2.82. The number of aryl methyl sites for hydroxylation is 1. The highest BCUT2D eigenvalue weighted by Crippen LogP contribution is 2.27. The zero-order chi connectivity index (χ0) is 24.2. The van der Waals surface area contributed by atoms with Crippen LogP contribution in [0.5, 0.6) is 11.5 Å².